The Balaban J connectivity index is 2.23. The molecular formula is C16H14O3. The molecule has 0 aromatic heterocycles. The Hall–Kier alpha value is -2.55. The number of benzene rings is 2. The van der Waals surface area contributed by atoms with Crippen molar-refractivity contribution in [2.24, 2.45) is 0 Å². The molecule has 0 atom stereocenters. The fourth-order valence-corrected chi connectivity index (χ4v) is 1.68. The summed E-state index contributed by atoms with van der Waals surface area (Å²) >= 11 is 0. The summed E-state index contributed by atoms with van der Waals surface area (Å²) in [6.45, 7) is 1.94. The summed E-state index contributed by atoms with van der Waals surface area (Å²) < 4.78 is 5.75. The van der Waals surface area contributed by atoms with Gasteiger partial charge in [0, 0.05) is 5.56 Å². The Kier molecular flexibility index (Phi) is 3.98. The molecule has 0 heterocycles. The van der Waals surface area contributed by atoms with E-state index in [-0.39, 0.29) is 5.56 Å². The minimum Gasteiger partial charge on any atom is -0.478 e. The number of para-hydroxylation sites is 1. The van der Waals surface area contributed by atoms with E-state index in [1.165, 1.54) is 12.1 Å². The van der Waals surface area contributed by atoms with E-state index >= 15 is 0 Å². The molecule has 0 unspecified atom stereocenters. The summed E-state index contributed by atoms with van der Waals surface area (Å²) in [7, 11) is 0. The van der Waals surface area contributed by atoms with Gasteiger partial charge in [-0.15, -0.1) is 0 Å². The van der Waals surface area contributed by atoms with Crippen LogP contribution in [0.2, 0.25) is 0 Å². The zero-order chi connectivity index (χ0) is 13.7. The first-order chi connectivity index (χ1) is 9.20. The first kappa shape index (κ1) is 12.9. The van der Waals surface area contributed by atoms with Crippen molar-refractivity contribution >= 4 is 12.0 Å². The van der Waals surface area contributed by atoms with Gasteiger partial charge in [0.1, 0.15) is 11.5 Å². The van der Waals surface area contributed by atoms with E-state index in [9.17, 15) is 4.79 Å². The number of carboxylic acid groups (broad SMARTS) is 1. The van der Waals surface area contributed by atoms with E-state index < -0.39 is 5.97 Å². The molecule has 2 aromatic carbocycles. The topological polar surface area (TPSA) is 46.5 Å². The van der Waals surface area contributed by atoms with Gasteiger partial charge in [-0.3, -0.25) is 0 Å². The third-order valence-electron chi connectivity index (χ3n) is 2.59. The van der Waals surface area contributed by atoms with E-state index in [0.29, 0.717) is 5.75 Å². The monoisotopic (exact) mass is 254 g/mol. The van der Waals surface area contributed by atoms with E-state index in [4.69, 9.17) is 9.84 Å². The maximum absolute atomic E-state index is 10.8. The summed E-state index contributed by atoms with van der Waals surface area (Å²) in [5, 5.41) is 8.83. The number of allylic oxidation sites excluding steroid dienone is 1. The van der Waals surface area contributed by atoms with Crippen molar-refractivity contribution in [1.29, 1.82) is 0 Å². The molecule has 19 heavy (non-hydrogen) atoms. The van der Waals surface area contributed by atoms with Gasteiger partial charge in [0.05, 0.1) is 5.56 Å². The fraction of sp³-hybridized carbons (Fsp3) is 0.0625. The number of ether oxygens (including phenoxy) is 1. The molecule has 0 aliphatic heterocycles. The van der Waals surface area contributed by atoms with Crippen LogP contribution in [-0.2, 0) is 0 Å². The average Bonchev–Trinajstić information content (AvgIpc) is 2.42. The molecule has 2 aromatic rings. The van der Waals surface area contributed by atoms with Crippen LogP contribution in [0.5, 0.6) is 11.5 Å². The van der Waals surface area contributed by atoms with Crippen molar-refractivity contribution in [3.63, 3.8) is 0 Å². The number of rotatable bonds is 4. The molecule has 0 bridgehead atoms. The molecule has 0 fully saturated rings. The summed E-state index contributed by atoms with van der Waals surface area (Å²) in [4.78, 5) is 10.8. The summed E-state index contributed by atoms with van der Waals surface area (Å²) in [5.74, 6) is 0.409. The maximum atomic E-state index is 10.8. The third-order valence-corrected chi connectivity index (χ3v) is 2.59. The minimum absolute atomic E-state index is 0.245. The fourth-order valence-electron chi connectivity index (χ4n) is 1.68. The van der Waals surface area contributed by atoms with Crippen LogP contribution in [0.1, 0.15) is 22.8 Å². The predicted molar refractivity (Wildman–Crippen MR) is 74.6 cm³/mol. The molecule has 0 spiro atoms. The standard InChI is InChI=1S/C16H14O3/c1-2-5-12-6-3-4-7-15(12)19-14-10-8-13(9-11-14)16(17)18/h2-11H,1H3,(H,17,18). The van der Waals surface area contributed by atoms with Crippen molar-refractivity contribution in [3.8, 4) is 11.5 Å². The van der Waals surface area contributed by atoms with Crippen LogP contribution < -0.4 is 4.74 Å². The van der Waals surface area contributed by atoms with Crippen LogP contribution in [0.4, 0.5) is 0 Å². The summed E-state index contributed by atoms with van der Waals surface area (Å²) in [6, 6.07) is 14.0. The van der Waals surface area contributed by atoms with E-state index in [2.05, 4.69) is 0 Å². The molecule has 3 nitrogen and oxygen atoms in total. The quantitative estimate of drug-likeness (QED) is 0.888. The van der Waals surface area contributed by atoms with Gasteiger partial charge in [0.15, 0.2) is 0 Å². The molecule has 0 aliphatic carbocycles. The second-order valence-electron chi connectivity index (χ2n) is 3.97. The number of hydrogen-bond donors (Lipinski definition) is 1. The molecule has 1 N–H and O–H groups in total. The van der Waals surface area contributed by atoms with E-state index in [1.807, 2.05) is 43.3 Å². The predicted octanol–water partition coefficient (Wildman–Crippen LogP) is 4.21. The van der Waals surface area contributed by atoms with Crippen LogP contribution in [-0.4, -0.2) is 11.1 Å². The van der Waals surface area contributed by atoms with Crippen LogP contribution >= 0.6 is 0 Å². The summed E-state index contributed by atoms with van der Waals surface area (Å²) in [6.07, 6.45) is 3.90. The zero-order valence-corrected chi connectivity index (χ0v) is 10.5. The van der Waals surface area contributed by atoms with Crippen molar-refractivity contribution in [3.05, 3.63) is 65.7 Å². The first-order valence-electron chi connectivity index (χ1n) is 5.93. The van der Waals surface area contributed by atoms with Gasteiger partial charge in [-0.05, 0) is 37.3 Å². The lowest BCUT2D eigenvalue weighted by Gasteiger charge is -2.08. The molecule has 0 saturated heterocycles. The van der Waals surface area contributed by atoms with Crippen LogP contribution in [0.3, 0.4) is 0 Å². The Morgan fingerprint density at radius 3 is 2.42 bits per heavy atom. The molecule has 0 amide bonds. The molecular weight excluding hydrogens is 240 g/mol. The largest absolute Gasteiger partial charge is 0.478 e. The molecule has 0 aliphatic rings. The van der Waals surface area contributed by atoms with Gasteiger partial charge in [0.2, 0.25) is 0 Å². The van der Waals surface area contributed by atoms with Crippen LogP contribution in [0.15, 0.2) is 54.6 Å². The Morgan fingerprint density at radius 2 is 1.79 bits per heavy atom. The van der Waals surface area contributed by atoms with Gasteiger partial charge in [-0.25, -0.2) is 4.79 Å². The van der Waals surface area contributed by atoms with Crippen molar-refractivity contribution in [2.75, 3.05) is 0 Å². The highest BCUT2D eigenvalue weighted by Gasteiger charge is 2.04. The highest BCUT2D eigenvalue weighted by Crippen LogP contribution is 2.26. The Labute approximate surface area is 111 Å². The zero-order valence-electron chi connectivity index (χ0n) is 10.5. The number of aromatic carboxylic acids is 1. The lowest BCUT2D eigenvalue weighted by atomic mass is 10.2. The van der Waals surface area contributed by atoms with Crippen LogP contribution in [0, 0.1) is 0 Å². The highest BCUT2D eigenvalue weighted by atomic mass is 16.5. The molecule has 0 saturated carbocycles. The number of hydrogen-bond acceptors (Lipinski definition) is 2. The Bertz CT molecular complexity index is 598. The second-order valence-corrected chi connectivity index (χ2v) is 3.97. The molecule has 0 radical (unpaired) electrons. The second kappa shape index (κ2) is 5.87. The van der Waals surface area contributed by atoms with Gasteiger partial charge in [-0.2, -0.15) is 0 Å². The maximum Gasteiger partial charge on any atom is 0.335 e. The normalized spacial score (nSPS) is 10.6. The lowest BCUT2D eigenvalue weighted by molar-refractivity contribution is 0.0697. The van der Waals surface area contributed by atoms with E-state index in [0.717, 1.165) is 11.3 Å². The van der Waals surface area contributed by atoms with Crippen molar-refractivity contribution in [1.82, 2.24) is 0 Å². The minimum atomic E-state index is -0.944. The van der Waals surface area contributed by atoms with E-state index in [1.54, 1.807) is 12.1 Å². The number of carbonyl (C=O) groups is 1. The average molecular weight is 254 g/mol. The van der Waals surface area contributed by atoms with Gasteiger partial charge >= 0.3 is 5.97 Å². The van der Waals surface area contributed by atoms with Gasteiger partial charge in [-0.1, -0.05) is 30.4 Å². The van der Waals surface area contributed by atoms with Crippen molar-refractivity contribution < 1.29 is 14.6 Å². The smallest absolute Gasteiger partial charge is 0.335 e. The summed E-state index contributed by atoms with van der Waals surface area (Å²) in [5.41, 5.74) is 1.22. The lowest BCUT2D eigenvalue weighted by Crippen LogP contribution is -1.95. The van der Waals surface area contributed by atoms with Crippen LogP contribution in [0.25, 0.3) is 6.08 Å². The Morgan fingerprint density at radius 1 is 1.11 bits per heavy atom. The SMILES string of the molecule is CC=Cc1ccccc1Oc1ccc(C(=O)O)cc1. The van der Waals surface area contributed by atoms with Gasteiger partial charge < -0.3 is 9.84 Å². The molecule has 2 rings (SSSR count). The molecule has 3 heteroatoms. The number of carboxylic acids is 1. The van der Waals surface area contributed by atoms with Gasteiger partial charge in [0.25, 0.3) is 0 Å². The van der Waals surface area contributed by atoms with Crippen molar-refractivity contribution in [2.45, 2.75) is 6.92 Å². The third kappa shape index (κ3) is 3.22. The first-order valence-corrected chi connectivity index (χ1v) is 5.93. The molecule has 96 valence electrons. The highest BCUT2D eigenvalue weighted by molar-refractivity contribution is 5.87.